The quantitative estimate of drug-likeness (QED) is 0.453. The Bertz CT molecular complexity index is 1300. The summed E-state index contributed by atoms with van der Waals surface area (Å²) >= 11 is 0. The van der Waals surface area contributed by atoms with Gasteiger partial charge in [-0.15, -0.1) is 6.42 Å². The van der Waals surface area contributed by atoms with Crippen LogP contribution in [0.25, 0.3) is 11.1 Å². The number of hydrogen-bond donors (Lipinski definition) is 3. The van der Waals surface area contributed by atoms with E-state index in [-0.39, 0.29) is 0 Å². The van der Waals surface area contributed by atoms with Crippen LogP contribution in [0.1, 0.15) is 22.3 Å². The van der Waals surface area contributed by atoms with E-state index in [1.165, 1.54) is 16.7 Å². The first-order valence-electron chi connectivity index (χ1n) is 9.01. The molecule has 0 atom stereocenters. The van der Waals surface area contributed by atoms with E-state index in [2.05, 4.69) is 64.4 Å². The number of aromatic nitrogens is 3. The Balaban J connectivity index is 1.66. The van der Waals surface area contributed by atoms with E-state index in [1.807, 2.05) is 0 Å². The largest absolute Gasteiger partial charge is 0.417 e. The molecule has 4 aromatic rings. The monoisotopic (exact) mass is 385 g/mol. The first kappa shape index (κ1) is 18.3. The minimum Gasteiger partial charge on any atom is -0.408 e. The summed E-state index contributed by atoms with van der Waals surface area (Å²) in [6.07, 6.45) is 7.19. The molecule has 0 saturated carbocycles. The van der Waals surface area contributed by atoms with Crippen LogP contribution >= 0.6 is 0 Å². The third-order valence-corrected chi connectivity index (χ3v) is 4.81. The van der Waals surface area contributed by atoms with Gasteiger partial charge in [-0.1, -0.05) is 5.92 Å². The highest BCUT2D eigenvalue weighted by atomic mass is 16.4. The van der Waals surface area contributed by atoms with Crippen LogP contribution in [0.4, 0.5) is 23.1 Å². The van der Waals surface area contributed by atoms with Crippen molar-refractivity contribution in [2.24, 2.45) is 0 Å². The fourth-order valence-corrected chi connectivity index (χ4v) is 3.05. The maximum atomic E-state index is 11.3. The number of aromatic amines is 1. The van der Waals surface area contributed by atoms with Crippen molar-refractivity contribution in [1.29, 1.82) is 0 Å². The van der Waals surface area contributed by atoms with E-state index in [0.29, 0.717) is 34.1 Å². The van der Waals surface area contributed by atoms with Crippen LogP contribution in [0.15, 0.2) is 45.7 Å². The molecule has 144 valence electrons. The topological polar surface area (TPSA) is 95.8 Å². The maximum absolute atomic E-state index is 11.3. The zero-order valence-electron chi connectivity index (χ0n) is 16.3. The smallest absolute Gasteiger partial charge is 0.408 e. The molecule has 2 heterocycles. The summed E-state index contributed by atoms with van der Waals surface area (Å²) in [4.78, 5) is 22.8. The Morgan fingerprint density at radius 3 is 2.55 bits per heavy atom. The second-order valence-corrected chi connectivity index (χ2v) is 6.81. The number of aryl methyl sites for hydroxylation is 2. The van der Waals surface area contributed by atoms with Crippen molar-refractivity contribution in [3.63, 3.8) is 0 Å². The van der Waals surface area contributed by atoms with E-state index in [4.69, 9.17) is 10.8 Å². The first-order chi connectivity index (χ1) is 13.9. The molecule has 0 amide bonds. The van der Waals surface area contributed by atoms with Crippen LogP contribution < -0.4 is 16.4 Å². The summed E-state index contributed by atoms with van der Waals surface area (Å²) in [5, 5.41) is 6.42. The first-order valence-corrected chi connectivity index (χ1v) is 9.01. The van der Waals surface area contributed by atoms with Gasteiger partial charge in [0.1, 0.15) is 0 Å². The highest BCUT2D eigenvalue weighted by Crippen LogP contribution is 2.25. The third kappa shape index (κ3) is 3.69. The van der Waals surface area contributed by atoms with Crippen molar-refractivity contribution in [1.82, 2.24) is 15.0 Å². The molecule has 0 spiro atoms. The van der Waals surface area contributed by atoms with E-state index >= 15 is 0 Å². The lowest BCUT2D eigenvalue weighted by Gasteiger charge is -2.12. The number of fused-ring (bicyclic) bond motifs is 1. The van der Waals surface area contributed by atoms with Crippen molar-refractivity contribution < 1.29 is 4.42 Å². The highest BCUT2D eigenvalue weighted by Gasteiger charge is 2.09. The molecule has 2 aromatic heterocycles. The number of nitrogens with one attached hydrogen (secondary N) is 3. The predicted molar refractivity (Wildman–Crippen MR) is 114 cm³/mol. The Labute approximate surface area is 167 Å². The number of H-pyrrole nitrogens is 1. The van der Waals surface area contributed by atoms with E-state index < -0.39 is 5.76 Å². The van der Waals surface area contributed by atoms with Crippen molar-refractivity contribution in [2.45, 2.75) is 20.8 Å². The lowest BCUT2D eigenvalue weighted by atomic mass is 10.0. The van der Waals surface area contributed by atoms with Gasteiger partial charge in [0.05, 0.1) is 17.3 Å². The van der Waals surface area contributed by atoms with E-state index in [1.54, 1.807) is 24.4 Å². The fraction of sp³-hybridized carbons (Fsp3) is 0.136. The molecule has 0 radical (unpaired) electrons. The summed E-state index contributed by atoms with van der Waals surface area (Å²) in [5.41, 5.74) is 6.83. The molecular weight excluding hydrogens is 366 g/mol. The molecular formula is C22H19N5O2. The molecule has 0 bridgehead atoms. The summed E-state index contributed by atoms with van der Waals surface area (Å²) < 4.78 is 5.02. The van der Waals surface area contributed by atoms with Crippen LogP contribution in [-0.2, 0) is 0 Å². The van der Waals surface area contributed by atoms with Crippen LogP contribution in [0.5, 0.6) is 0 Å². The third-order valence-electron chi connectivity index (χ3n) is 4.81. The number of oxazole rings is 1. The van der Waals surface area contributed by atoms with Crippen molar-refractivity contribution >= 4 is 34.2 Å². The minimum atomic E-state index is -0.501. The van der Waals surface area contributed by atoms with Gasteiger partial charge in [0.25, 0.3) is 0 Å². The molecule has 0 aliphatic rings. The van der Waals surface area contributed by atoms with E-state index in [0.717, 1.165) is 5.69 Å². The number of rotatable bonds is 4. The van der Waals surface area contributed by atoms with Crippen LogP contribution in [0.2, 0.25) is 0 Å². The molecule has 0 unspecified atom stereocenters. The summed E-state index contributed by atoms with van der Waals surface area (Å²) in [5.74, 6) is 2.99. The molecule has 29 heavy (non-hydrogen) atoms. The fourth-order valence-electron chi connectivity index (χ4n) is 3.05. The molecule has 3 N–H and O–H groups in total. The molecule has 0 aliphatic carbocycles. The average Bonchev–Trinajstić information content (AvgIpc) is 3.05. The molecule has 2 aromatic carbocycles. The number of nitrogens with zero attached hydrogens (tertiary/aromatic N) is 2. The highest BCUT2D eigenvalue weighted by molar-refractivity contribution is 5.79. The average molecular weight is 385 g/mol. The van der Waals surface area contributed by atoms with Crippen LogP contribution in [-0.4, -0.2) is 15.0 Å². The van der Waals surface area contributed by atoms with Gasteiger partial charge in [-0.3, -0.25) is 4.98 Å². The normalized spacial score (nSPS) is 10.7. The van der Waals surface area contributed by atoms with Gasteiger partial charge in [-0.2, -0.15) is 4.98 Å². The SMILES string of the molecule is C#Cc1cnc(Nc2cc(C)c(C)c(C)c2)nc1Nc1ccc2oc(=O)[nH]c2c1. The maximum Gasteiger partial charge on any atom is 0.417 e. The standard InChI is InChI=1S/C22H19N5O2/c1-5-15-11-23-21(25-17-8-12(2)14(4)13(3)9-17)27-20(15)24-16-6-7-19-18(10-16)26-22(28)29-19/h1,6-11H,2-4H3,(H,26,28)(H2,23,24,25,27). The lowest BCUT2D eigenvalue weighted by molar-refractivity contribution is 0.555. The number of benzene rings is 2. The van der Waals surface area contributed by atoms with Crippen LogP contribution in [0, 0.1) is 33.1 Å². The Kier molecular flexibility index (Phi) is 4.53. The summed E-state index contributed by atoms with van der Waals surface area (Å²) in [6, 6.07) is 9.33. The lowest BCUT2D eigenvalue weighted by Crippen LogP contribution is -2.04. The molecule has 7 nitrogen and oxygen atoms in total. The van der Waals surface area contributed by atoms with Gasteiger partial charge in [-0.05, 0) is 67.8 Å². The minimum absolute atomic E-state index is 0.423. The number of hydrogen-bond acceptors (Lipinski definition) is 6. The van der Waals surface area contributed by atoms with E-state index in [9.17, 15) is 4.79 Å². The van der Waals surface area contributed by atoms with Crippen molar-refractivity contribution in [3.05, 3.63) is 69.3 Å². The molecule has 0 saturated heterocycles. The zero-order chi connectivity index (χ0) is 20.5. The Morgan fingerprint density at radius 2 is 1.83 bits per heavy atom. The predicted octanol–water partition coefficient (Wildman–Crippen LogP) is 4.30. The van der Waals surface area contributed by atoms with Crippen molar-refractivity contribution in [3.8, 4) is 12.3 Å². The number of anilines is 4. The van der Waals surface area contributed by atoms with Gasteiger partial charge in [0.2, 0.25) is 5.95 Å². The molecule has 0 aliphatic heterocycles. The summed E-state index contributed by atoms with van der Waals surface area (Å²) in [6.45, 7) is 6.23. The second kappa shape index (κ2) is 7.17. The van der Waals surface area contributed by atoms with Gasteiger partial charge in [-0.25, -0.2) is 9.78 Å². The van der Waals surface area contributed by atoms with Gasteiger partial charge in [0.15, 0.2) is 11.4 Å². The second-order valence-electron chi connectivity index (χ2n) is 6.81. The number of terminal acetylenes is 1. The van der Waals surface area contributed by atoms with Gasteiger partial charge in [0, 0.05) is 11.4 Å². The molecule has 4 rings (SSSR count). The Hall–Kier alpha value is -4.05. The molecule has 0 fully saturated rings. The van der Waals surface area contributed by atoms with Crippen molar-refractivity contribution in [2.75, 3.05) is 10.6 Å². The zero-order valence-corrected chi connectivity index (χ0v) is 16.3. The molecule has 7 heteroatoms. The van der Waals surface area contributed by atoms with Gasteiger partial charge >= 0.3 is 5.76 Å². The van der Waals surface area contributed by atoms with Gasteiger partial charge < -0.3 is 15.1 Å². The van der Waals surface area contributed by atoms with Crippen LogP contribution in [0.3, 0.4) is 0 Å². The summed E-state index contributed by atoms with van der Waals surface area (Å²) in [7, 11) is 0. The Morgan fingerprint density at radius 1 is 1.07 bits per heavy atom.